The molecule has 0 spiro atoms. The zero-order valence-electron chi connectivity index (χ0n) is 46.0. The standard InChI is InChI=1S/4C10H14N5O7P/c4*11-8-5-9(13-2-12-8)15(3-14-5)10-7(17)6(16)4(22-10)1-21-23(18,19)20/h4*2-4,6-7,10,16-17H,1H2,(H2,11,12,13)(H2,18,19,20)/t4*4-,6-,7-,10-/m1111/s1. The van der Waals surface area contributed by atoms with E-state index in [4.69, 9.17) is 81.0 Å². The first-order chi connectivity index (χ1) is 43.1. The Kier molecular flexibility index (Phi) is 21.0. The van der Waals surface area contributed by atoms with Gasteiger partial charge in [0.25, 0.3) is 0 Å². The fourth-order valence-electron chi connectivity index (χ4n) is 9.29. The van der Waals surface area contributed by atoms with E-state index in [9.17, 15) is 59.1 Å². The van der Waals surface area contributed by atoms with E-state index >= 15 is 0 Å². The number of nitrogens with zero attached hydrogens (tertiary/aromatic N) is 16. The number of ether oxygens (including phenoxy) is 4. The van der Waals surface area contributed by atoms with E-state index < -0.39 is 156 Å². The highest BCUT2D eigenvalue weighted by molar-refractivity contribution is 7.47. The lowest BCUT2D eigenvalue weighted by Crippen LogP contribution is -2.33. The molecule has 0 radical (unpaired) electrons. The number of aliphatic hydroxyl groups excluding tert-OH is 8. The monoisotopic (exact) mass is 1390 g/mol. The second-order valence-electron chi connectivity index (χ2n) is 19.7. The van der Waals surface area contributed by atoms with Gasteiger partial charge in [-0.2, -0.15) is 0 Å². The molecule has 12 rings (SSSR count). The normalized spacial score (nSPS) is 28.5. The molecule has 16 atom stereocenters. The predicted molar refractivity (Wildman–Crippen MR) is 295 cm³/mol. The van der Waals surface area contributed by atoms with Gasteiger partial charge in [-0.3, -0.25) is 36.4 Å². The first-order valence-electron chi connectivity index (χ1n) is 25.7. The average molecular weight is 1390 g/mol. The van der Waals surface area contributed by atoms with Crippen molar-refractivity contribution in [3.8, 4) is 0 Å². The second kappa shape index (κ2) is 27.7. The number of hydrogen-bond acceptors (Lipinski definition) is 36. The van der Waals surface area contributed by atoms with Crippen LogP contribution in [0.5, 0.6) is 0 Å². The summed E-state index contributed by atoms with van der Waals surface area (Å²) >= 11 is 0. The molecule has 52 heteroatoms. The lowest BCUT2D eigenvalue weighted by molar-refractivity contribution is -0.0504. The van der Waals surface area contributed by atoms with Crippen molar-refractivity contribution in [3.05, 3.63) is 50.6 Å². The Labute approximate surface area is 509 Å². The molecule has 4 aliphatic heterocycles. The highest BCUT2D eigenvalue weighted by Crippen LogP contribution is 2.43. The molecule has 4 saturated heterocycles. The Hall–Kier alpha value is -6.64. The summed E-state index contributed by atoms with van der Waals surface area (Å²) in [5, 5.41) is 80.2. The number of phosphoric ester groups is 4. The van der Waals surface area contributed by atoms with Crippen LogP contribution in [0, 0.1) is 0 Å². The van der Waals surface area contributed by atoms with Crippen LogP contribution in [0.4, 0.5) is 23.3 Å². The van der Waals surface area contributed by atoms with Crippen molar-refractivity contribution in [2.45, 2.75) is 98.2 Å². The third-order valence-corrected chi connectivity index (χ3v) is 15.6. The van der Waals surface area contributed by atoms with E-state index in [-0.39, 0.29) is 45.9 Å². The van der Waals surface area contributed by atoms with Gasteiger partial charge in [0.2, 0.25) is 0 Å². The average Bonchev–Trinajstić information content (AvgIpc) is 1.65. The minimum Gasteiger partial charge on any atom is -0.387 e. The van der Waals surface area contributed by atoms with Crippen LogP contribution in [0.1, 0.15) is 24.9 Å². The van der Waals surface area contributed by atoms with Gasteiger partial charge in [-0.1, -0.05) is 0 Å². The van der Waals surface area contributed by atoms with Gasteiger partial charge in [0, 0.05) is 0 Å². The summed E-state index contributed by atoms with van der Waals surface area (Å²) in [5.74, 6) is 0.567. The van der Waals surface area contributed by atoms with Crippen molar-refractivity contribution in [3.63, 3.8) is 0 Å². The number of phosphoric acid groups is 4. The molecule has 4 fully saturated rings. The Balaban J connectivity index is 0.000000145. The van der Waals surface area contributed by atoms with Gasteiger partial charge in [-0.05, 0) is 0 Å². The maximum atomic E-state index is 10.7. The molecule has 8 aromatic rings. The quantitative estimate of drug-likeness (QED) is 0.0400. The molecule has 0 aliphatic carbocycles. The van der Waals surface area contributed by atoms with Crippen molar-refractivity contribution >= 4 is 99.2 Å². The highest BCUT2D eigenvalue weighted by atomic mass is 31.2. The molecule has 48 nitrogen and oxygen atoms in total. The maximum Gasteiger partial charge on any atom is 0.469 e. The molecule has 92 heavy (non-hydrogen) atoms. The summed E-state index contributed by atoms with van der Waals surface area (Å²) in [6.07, 6.45) is -9.96. The molecule has 24 N–H and O–H groups in total. The van der Waals surface area contributed by atoms with E-state index in [0.29, 0.717) is 22.1 Å². The van der Waals surface area contributed by atoms with Gasteiger partial charge in [-0.25, -0.2) is 78.1 Å². The van der Waals surface area contributed by atoms with Crippen LogP contribution in [0.3, 0.4) is 0 Å². The number of imidazole rings is 4. The third kappa shape index (κ3) is 15.8. The third-order valence-electron chi connectivity index (χ3n) is 13.6. The minimum absolute atomic E-state index is 0.142. The SMILES string of the molecule is Nc1ncnc2c1ncn2[C@@H]1O[C@H](COP(=O)(O)O)[C@@H](O)[C@H]1O.Nc1ncnc2c1ncn2[C@@H]1O[C@H](COP(=O)(O)O)[C@@H](O)[C@H]1O.Nc1ncnc2c1ncn2[C@@H]1O[C@H](COP(=O)(O)O)[C@@H](O)[C@H]1O.Nc1ncnc2c1ncn2[C@@H]1O[C@H](COP(=O)(O)O)[C@@H](O)[C@H]1O. The fraction of sp³-hybridized carbons (Fsp3) is 0.500. The van der Waals surface area contributed by atoms with Crippen molar-refractivity contribution in [2.75, 3.05) is 49.4 Å². The summed E-state index contributed by atoms with van der Waals surface area (Å²) < 4.78 is 87.2. The van der Waals surface area contributed by atoms with E-state index in [0.717, 1.165) is 0 Å². The molecule has 0 unspecified atom stereocenters. The number of anilines is 4. The molecule has 4 aliphatic rings. The molecule has 0 saturated carbocycles. The van der Waals surface area contributed by atoms with E-state index in [2.05, 4.69) is 77.9 Å². The number of aromatic nitrogens is 16. The van der Waals surface area contributed by atoms with Crippen LogP contribution >= 0.6 is 31.3 Å². The van der Waals surface area contributed by atoms with E-state index in [1.807, 2.05) is 0 Å². The first kappa shape index (κ1) is 69.7. The van der Waals surface area contributed by atoms with Gasteiger partial charge >= 0.3 is 31.3 Å². The first-order valence-corrected chi connectivity index (χ1v) is 31.8. The molecule has 0 aromatic carbocycles. The van der Waals surface area contributed by atoms with Crippen LogP contribution in [0.25, 0.3) is 44.7 Å². The predicted octanol–water partition coefficient (Wildman–Crippen LogP) is -7.45. The van der Waals surface area contributed by atoms with Crippen LogP contribution < -0.4 is 22.9 Å². The van der Waals surface area contributed by atoms with Gasteiger partial charge < -0.3 is 122 Å². The number of aliphatic hydroxyl groups is 8. The van der Waals surface area contributed by atoms with Crippen molar-refractivity contribution in [1.29, 1.82) is 0 Å². The molecule has 504 valence electrons. The van der Waals surface area contributed by atoms with Crippen molar-refractivity contribution < 1.29 is 135 Å². The summed E-state index contributed by atoms with van der Waals surface area (Å²) in [4.78, 5) is 117. The van der Waals surface area contributed by atoms with Crippen LogP contribution in [0.2, 0.25) is 0 Å². The zero-order chi connectivity index (χ0) is 67.1. The molecule has 0 amide bonds. The highest BCUT2D eigenvalue weighted by Gasteiger charge is 2.49. The van der Waals surface area contributed by atoms with Gasteiger partial charge in [0.15, 0.2) is 70.8 Å². The largest absolute Gasteiger partial charge is 0.469 e. The maximum absolute atomic E-state index is 10.7. The van der Waals surface area contributed by atoms with Crippen LogP contribution in [0.15, 0.2) is 50.6 Å². The Bertz CT molecular complexity index is 3560. The fourth-order valence-corrected chi connectivity index (χ4v) is 10.7. The smallest absolute Gasteiger partial charge is 0.387 e. The van der Waals surface area contributed by atoms with Crippen LogP contribution in [-0.4, -0.2) is 258 Å². The molecular weight excluding hydrogens is 1330 g/mol. The van der Waals surface area contributed by atoms with Crippen molar-refractivity contribution in [1.82, 2.24) is 78.1 Å². The number of fused-ring (bicyclic) bond motifs is 4. The van der Waals surface area contributed by atoms with Gasteiger partial charge in [0.05, 0.1) is 51.7 Å². The summed E-state index contributed by atoms with van der Waals surface area (Å²) in [5.41, 5.74) is 25.0. The van der Waals surface area contributed by atoms with Crippen LogP contribution in [-0.2, 0) is 55.3 Å². The summed E-state index contributed by atoms with van der Waals surface area (Å²) in [7, 11) is -18.9. The van der Waals surface area contributed by atoms with Crippen molar-refractivity contribution in [2.24, 2.45) is 0 Å². The van der Waals surface area contributed by atoms with Gasteiger partial charge in [-0.15, -0.1) is 0 Å². The summed E-state index contributed by atoms with van der Waals surface area (Å²) in [6, 6.07) is 0. The Morgan fingerprint density at radius 2 is 0.511 bits per heavy atom. The topological polar surface area (TPSA) is 744 Å². The molecule has 12 heterocycles. The Morgan fingerprint density at radius 1 is 0.326 bits per heavy atom. The molecular formula is C40H56N20O28P4. The second-order valence-corrected chi connectivity index (χ2v) is 24.6. The zero-order valence-corrected chi connectivity index (χ0v) is 49.6. The number of nitrogen functional groups attached to an aromatic ring is 4. The lowest BCUT2D eigenvalue weighted by atomic mass is 10.1. The number of nitrogens with two attached hydrogens (primary N) is 4. The van der Waals surface area contributed by atoms with E-state index in [1.165, 1.54) is 68.9 Å². The number of hydrogen-bond donors (Lipinski definition) is 20. The minimum atomic E-state index is -4.72. The summed E-state index contributed by atoms with van der Waals surface area (Å²) in [6.45, 7) is -2.38. The van der Waals surface area contributed by atoms with E-state index in [1.54, 1.807) is 0 Å². The number of rotatable bonds is 16. The molecule has 0 bridgehead atoms. The lowest BCUT2D eigenvalue weighted by Gasteiger charge is -2.16. The molecule has 8 aromatic heterocycles. The van der Waals surface area contributed by atoms with Gasteiger partial charge in [0.1, 0.15) is 121 Å². The Morgan fingerprint density at radius 3 is 0.685 bits per heavy atom.